The van der Waals surface area contributed by atoms with E-state index in [0.717, 1.165) is 21.7 Å². The smallest absolute Gasteiger partial charge is 0.220 e. The summed E-state index contributed by atoms with van der Waals surface area (Å²) in [4.78, 5) is 25.9. The van der Waals surface area contributed by atoms with Crippen LogP contribution in [0.2, 0.25) is 0 Å². The lowest BCUT2D eigenvalue weighted by Gasteiger charge is -2.17. The van der Waals surface area contributed by atoms with Crippen molar-refractivity contribution in [2.45, 2.75) is 53.1 Å². The minimum Gasteiger partial charge on any atom is -0.391 e. The molecule has 118 valence electrons. The van der Waals surface area contributed by atoms with Crippen LogP contribution in [-0.2, 0) is 4.79 Å². The Hall–Kier alpha value is -1.20. The van der Waals surface area contributed by atoms with Crippen LogP contribution in [-0.4, -0.2) is 29.4 Å². The predicted octanol–water partition coefficient (Wildman–Crippen LogP) is 2.85. The van der Waals surface area contributed by atoms with Crippen molar-refractivity contribution in [2.75, 3.05) is 6.54 Å². The number of aliphatic hydroxyl groups excluding tert-OH is 1. The minimum atomic E-state index is -0.531. The molecule has 1 heterocycles. The quantitative estimate of drug-likeness (QED) is 0.726. The van der Waals surface area contributed by atoms with Crippen LogP contribution < -0.4 is 5.32 Å². The van der Waals surface area contributed by atoms with Gasteiger partial charge in [0.1, 0.15) is 0 Å². The van der Waals surface area contributed by atoms with E-state index in [0.29, 0.717) is 0 Å². The van der Waals surface area contributed by atoms with E-state index in [2.05, 4.69) is 5.32 Å². The number of thiophene rings is 1. The Kier molecular flexibility index (Phi) is 7.05. The highest BCUT2D eigenvalue weighted by Crippen LogP contribution is 2.22. The van der Waals surface area contributed by atoms with Gasteiger partial charge in [0, 0.05) is 34.7 Å². The molecule has 21 heavy (non-hydrogen) atoms. The summed E-state index contributed by atoms with van der Waals surface area (Å²) in [6.45, 7) is 8.09. The second kappa shape index (κ2) is 8.29. The van der Waals surface area contributed by atoms with Crippen LogP contribution in [0, 0.1) is 19.8 Å². The summed E-state index contributed by atoms with van der Waals surface area (Å²) in [6, 6.07) is 1.88. The molecular formula is C16H25NO3S. The van der Waals surface area contributed by atoms with Gasteiger partial charge in [0.25, 0.3) is 0 Å². The second-order valence-electron chi connectivity index (χ2n) is 5.51. The number of carbonyl (C=O) groups excluding carboxylic acids is 2. The molecule has 0 bridgehead atoms. The fourth-order valence-electron chi connectivity index (χ4n) is 2.05. The van der Waals surface area contributed by atoms with E-state index in [4.69, 9.17) is 0 Å². The second-order valence-corrected chi connectivity index (χ2v) is 6.97. The van der Waals surface area contributed by atoms with Crippen LogP contribution in [0.3, 0.4) is 0 Å². The maximum Gasteiger partial charge on any atom is 0.220 e. The SMILES string of the molecule is CCC(C)C(O)CNC(=O)CCC(=O)c1cc(C)sc1C. The van der Waals surface area contributed by atoms with Crippen molar-refractivity contribution in [3.63, 3.8) is 0 Å². The van der Waals surface area contributed by atoms with Gasteiger partial charge in [0.2, 0.25) is 5.91 Å². The molecular weight excluding hydrogens is 286 g/mol. The van der Waals surface area contributed by atoms with Crippen LogP contribution in [0.25, 0.3) is 0 Å². The molecule has 0 aliphatic carbocycles. The first-order valence-electron chi connectivity index (χ1n) is 7.40. The van der Waals surface area contributed by atoms with Crippen molar-refractivity contribution in [3.05, 3.63) is 21.4 Å². The molecule has 1 aromatic rings. The Morgan fingerprint density at radius 3 is 2.52 bits per heavy atom. The molecule has 0 saturated heterocycles. The first kappa shape index (κ1) is 17.9. The summed E-state index contributed by atoms with van der Waals surface area (Å²) >= 11 is 1.60. The molecule has 1 rings (SSSR count). The van der Waals surface area contributed by atoms with Crippen LogP contribution >= 0.6 is 11.3 Å². The topological polar surface area (TPSA) is 66.4 Å². The fraction of sp³-hybridized carbons (Fsp3) is 0.625. The van der Waals surface area contributed by atoms with Gasteiger partial charge in [0.15, 0.2) is 5.78 Å². The largest absolute Gasteiger partial charge is 0.391 e. The molecule has 0 fully saturated rings. The lowest BCUT2D eigenvalue weighted by molar-refractivity contribution is -0.121. The van der Waals surface area contributed by atoms with Crippen LogP contribution in [0.4, 0.5) is 0 Å². The third-order valence-electron chi connectivity index (χ3n) is 3.73. The third-order valence-corrected chi connectivity index (χ3v) is 4.70. The fourth-order valence-corrected chi connectivity index (χ4v) is 2.99. The number of Topliss-reactive ketones (excluding diaryl/α,β-unsaturated/α-hetero) is 1. The Morgan fingerprint density at radius 2 is 2.00 bits per heavy atom. The third kappa shape index (κ3) is 5.59. The maximum atomic E-state index is 12.1. The van der Waals surface area contributed by atoms with Crippen molar-refractivity contribution in [2.24, 2.45) is 5.92 Å². The Morgan fingerprint density at radius 1 is 1.33 bits per heavy atom. The molecule has 0 radical (unpaired) electrons. The van der Waals surface area contributed by atoms with Crippen molar-refractivity contribution < 1.29 is 14.7 Å². The normalized spacial score (nSPS) is 13.8. The van der Waals surface area contributed by atoms with E-state index < -0.39 is 6.10 Å². The predicted molar refractivity (Wildman–Crippen MR) is 85.8 cm³/mol. The average molecular weight is 311 g/mol. The minimum absolute atomic E-state index is 0.00877. The molecule has 1 amide bonds. The van der Waals surface area contributed by atoms with E-state index in [9.17, 15) is 14.7 Å². The highest BCUT2D eigenvalue weighted by molar-refractivity contribution is 7.12. The van der Waals surface area contributed by atoms with Crippen molar-refractivity contribution in [1.29, 1.82) is 0 Å². The molecule has 0 aliphatic rings. The van der Waals surface area contributed by atoms with Gasteiger partial charge in [-0.1, -0.05) is 20.3 Å². The molecule has 2 N–H and O–H groups in total. The van der Waals surface area contributed by atoms with Gasteiger partial charge in [-0.05, 0) is 25.8 Å². The van der Waals surface area contributed by atoms with Gasteiger partial charge < -0.3 is 10.4 Å². The lowest BCUT2D eigenvalue weighted by atomic mass is 10.0. The zero-order valence-electron chi connectivity index (χ0n) is 13.2. The number of rotatable bonds is 8. The van der Waals surface area contributed by atoms with Gasteiger partial charge in [-0.2, -0.15) is 0 Å². The molecule has 0 saturated carbocycles. The summed E-state index contributed by atoms with van der Waals surface area (Å²) in [7, 11) is 0. The molecule has 0 aliphatic heterocycles. The van der Waals surface area contributed by atoms with Crippen LogP contribution in [0.15, 0.2) is 6.07 Å². The summed E-state index contributed by atoms with van der Waals surface area (Å²) in [5.41, 5.74) is 0.727. The van der Waals surface area contributed by atoms with E-state index in [1.807, 2.05) is 33.8 Å². The van der Waals surface area contributed by atoms with Gasteiger partial charge in [-0.25, -0.2) is 0 Å². The van der Waals surface area contributed by atoms with E-state index in [-0.39, 0.29) is 37.0 Å². The Balaban J connectivity index is 2.36. The molecule has 2 unspecified atom stereocenters. The zero-order valence-corrected chi connectivity index (χ0v) is 14.0. The van der Waals surface area contributed by atoms with Gasteiger partial charge in [-0.3, -0.25) is 9.59 Å². The van der Waals surface area contributed by atoms with Crippen molar-refractivity contribution in [1.82, 2.24) is 5.32 Å². The first-order valence-corrected chi connectivity index (χ1v) is 8.21. The molecule has 4 nitrogen and oxygen atoms in total. The lowest BCUT2D eigenvalue weighted by Crippen LogP contribution is -2.35. The van der Waals surface area contributed by atoms with Crippen molar-refractivity contribution >= 4 is 23.0 Å². The summed E-state index contributed by atoms with van der Waals surface area (Å²) in [5.74, 6) is -0.0202. The van der Waals surface area contributed by atoms with E-state index in [1.165, 1.54) is 0 Å². The number of hydrogen-bond donors (Lipinski definition) is 2. The number of ketones is 1. The van der Waals surface area contributed by atoms with E-state index in [1.54, 1.807) is 11.3 Å². The van der Waals surface area contributed by atoms with Gasteiger partial charge in [-0.15, -0.1) is 11.3 Å². The monoisotopic (exact) mass is 311 g/mol. The number of amides is 1. The first-order chi connectivity index (χ1) is 9.85. The number of aliphatic hydroxyl groups is 1. The Labute approximate surface area is 130 Å². The average Bonchev–Trinajstić information content (AvgIpc) is 2.79. The highest BCUT2D eigenvalue weighted by Gasteiger charge is 2.16. The number of hydrogen-bond acceptors (Lipinski definition) is 4. The molecule has 2 atom stereocenters. The van der Waals surface area contributed by atoms with E-state index >= 15 is 0 Å². The molecule has 0 spiro atoms. The molecule has 0 aromatic carbocycles. The van der Waals surface area contributed by atoms with Gasteiger partial charge in [0.05, 0.1) is 6.10 Å². The Bertz CT molecular complexity index is 496. The zero-order chi connectivity index (χ0) is 16.0. The number of carbonyl (C=O) groups is 2. The summed E-state index contributed by atoms with van der Waals surface area (Å²) < 4.78 is 0. The van der Waals surface area contributed by atoms with Crippen LogP contribution in [0.1, 0.15) is 53.2 Å². The number of nitrogens with one attached hydrogen (secondary N) is 1. The van der Waals surface area contributed by atoms with Gasteiger partial charge >= 0.3 is 0 Å². The van der Waals surface area contributed by atoms with Crippen LogP contribution in [0.5, 0.6) is 0 Å². The molecule has 1 aromatic heterocycles. The highest BCUT2D eigenvalue weighted by atomic mass is 32.1. The summed E-state index contributed by atoms with van der Waals surface area (Å²) in [6.07, 6.45) is 0.714. The maximum absolute atomic E-state index is 12.1. The van der Waals surface area contributed by atoms with Crippen molar-refractivity contribution in [3.8, 4) is 0 Å². The standard InChI is InChI=1S/C16H25NO3S/c1-5-10(2)15(19)9-17-16(20)7-6-14(18)13-8-11(3)21-12(13)4/h8,10,15,19H,5-7,9H2,1-4H3,(H,17,20). The number of aryl methyl sites for hydroxylation is 2. The summed E-state index contributed by atoms with van der Waals surface area (Å²) in [5, 5.41) is 12.5. The molecule has 5 heteroatoms.